The second kappa shape index (κ2) is 11.6. The second-order valence-corrected chi connectivity index (χ2v) is 14.0. The van der Waals surface area contributed by atoms with Crippen molar-refractivity contribution in [2.45, 2.75) is 49.6 Å². The minimum absolute atomic E-state index is 0.0115. The predicted octanol–water partition coefficient (Wildman–Crippen LogP) is 8.08. The maximum atomic E-state index is 13.7. The van der Waals surface area contributed by atoms with E-state index in [1.54, 1.807) is 31.2 Å². The number of halogens is 4. The van der Waals surface area contributed by atoms with Crippen LogP contribution in [0.15, 0.2) is 70.6 Å². The van der Waals surface area contributed by atoms with E-state index in [1.165, 1.54) is 21.3 Å². The van der Waals surface area contributed by atoms with Gasteiger partial charge in [-0.15, -0.1) is 0 Å². The van der Waals surface area contributed by atoms with Gasteiger partial charge in [0.25, 0.3) is 0 Å². The number of benzene rings is 3. The highest BCUT2D eigenvalue weighted by atomic mass is 35.5. The lowest BCUT2D eigenvalue weighted by atomic mass is 9.71. The SMILES string of the molecule is CCOc1cc(Cl)c(S(=O)(=O)N2CCCC2)cc1C1=NC(C)(c2ccc(Cl)cc2)C(C)(c2ccc(Cl)cc2)N1C(=O)Cl. The zero-order chi connectivity index (χ0) is 30.4. The van der Waals surface area contributed by atoms with Crippen molar-refractivity contribution < 1.29 is 17.9 Å². The molecule has 2 atom stereocenters. The van der Waals surface area contributed by atoms with Crippen molar-refractivity contribution in [2.75, 3.05) is 19.7 Å². The molecule has 0 saturated carbocycles. The number of hydrogen-bond acceptors (Lipinski definition) is 5. The minimum atomic E-state index is -3.94. The lowest BCUT2D eigenvalue weighted by Crippen LogP contribution is -2.53. The summed E-state index contributed by atoms with van der Waals surface area (Å²) in [4.78, 5) is 19.9. The molecule has 2 aliphatic heterocycles. The molecule has 7 nitrogen and oxygen atoms in total. The number of sulfonamides is 1. The lowest BCUT2D eigenvalue weighted by molar-refractivity contribution is 0.149. The van der Waals surface area contributed by atoms with Crippen LogP contribution in [-0.2, 0) is 21.1 Å². The van der Waals surface area contributed by atoms with Crippen LogP contribution in [-0.4, -0.2) is 48.5 Å². The van der Waals surface area contributed by atoms with Gasteiger partial charge in [0.15, 0.2) is 0 Å². The first-order valence-electron chi connectivity index (χ1n) is 13.4. The quantitative estimate of drug-likeness (QED) is 0.188. The number of carbonyl (C=O) groups excluding carboxylic acids is 1. The Bertz CT molecular complexity index is 1660. The van der Waals surface area contributed by atoms with E-state index in [4.69, 9.17) is 56.1 Å². The Kier molecular flexibility index (Phi) is 8.62. The van der Waals surface area contributed by atoms with Crippen molar-refractivity contribution in [3.05, 3.63) is 92.4 Å². The van der Waals surface area contributed by atoms with Crippen LogP contribution in [0.25, 0.3) is 0 Å². The predicted molar refractivity (Wildman–Crippen MR) is 168 cm³/mol. The summed E-state index contributed by atoms with van der Waals surface area (Å²) in [5.74, 6) is 0.409. The summed E-state index contributed by atoms with van der Waals surface area (Å²) in [5.41, 5.74) is -0.599. The van der Waals surface area contributed by atoms with E-state index in [2.05, 4.69) is 0 Å². The highest BCUT2D eigenvalue weighted by Crippen LogP contribution is 2.54. The molecule has 0 radical (unpaired) electrons. The number of carbonyl (C=O) groups is 1. The van der Waals surface area contributed by atoms with Gasteiger partial charge in [-0.05, 0) is 86.7 Å². The standard InChI is InChI=1S/C30H29Cl4N3O4S/c1-4-41-25-18-24(33)26(42(39,40)36-15-5-6-16-36)17-23(25)27-35-29(2,19-7-11-21(31)12-8-19)30(3,37(27)28(34)38)20-9-13-22(32)14-10-20/h7-14,17-18H,4-6,15-16H2,1-3H3. The van der Waals surface area contributed by atoms with Gasteiger partial charge in [-0.3, -0.25) is 14.7 Å². The van der Waals surface area contributed by atoms with Crippen LogP contribution in [0, 0.1) is 0 Å². The van der Waals surface area contributed by atoms with E-state index in [1.807, 2.05) is 38.1 Å². The fraction of sp³-hybridized carbons (Fsp3) is 0.333. The van der Waals surface area contributed by atoms with E-state index in [9.17, 15) is 13.2 Å². The van der Waals surface area contributed by atoms with Crippen molar-refractivity contribution >= 4 is 67.6 Å². The molecule has 2 unspecified atom stereocenters. The van der Waals surface area contributed by atoms with Gasteiger partial charge in [0, 0.05) is 29.2 Å². The third kappa shape index (κ3) is 5.10. The van der Waals surface area contributed by atoms with Crippen LogP contribution in [0.4, 0.5) is 4.79 Å². The Morgan fingerprint density at radius 1 is 0.929 bits per heavy atom. The summed E-state index contributed by atoms with van der Waals surface area (Å²) in [6, 6.07) is 17.2. The van der Waals surface area contributed by atoms with E-state index < -0.39 is 26.5 Å². The molecule has 0 spiro atoms. The summed E-state index contributed by atoms with van der Waals surface area (Å²) < 4.78 is 34.7. The Balaban J connectivity index is 1.81. The number of ether oxygens (including phenoxy) is 1. The Morgan fingerprint density at radius 3 is 2.00 bits per heavy atom. The first kappa shape index (κ1) is 31.1. The molecule has 0 N–H and O–H groups in total. The van der Waals surface area contributed by atoms with Crippen LogP contribution in [0.3, 0.4) is 0 Å². The zero-order valence-electron chi connectivity index (χ0n) is 23.2. The van der Waals surface area contributed by atoms with E-state index in [-0.39, 0.29) is 33.7 Å². The molecule has 1 amide bonds. The molecule has 3 aromatic carbocycles. The first-order valence-corrected chi connectivity index (χ1v) is 16.4. The fourth-order valence-corrected chi connectivity index (χ4v) is 8.33. The monoisotopic (exact) mass is 667 g/mol. The molecule has 0 aliphatic carbocycles. The summed E-state index contributed by atoms with van der Waals surface area (Å²) in [5, 5.41) is 0.255. The molecule has 5 rings (SSSR count). The third-order valence-electron chi connectivity index (χ3n) is 8.18. The number of amides is 1. The maximum Gasteiger partial charge on any atom is 0.322 e. The molecular weight excluding hydrogens is 640 g/mol. The number of nitrogens with zero attached hydrogens (tertiary/aromatic N) is 3. The van der Waals surface area contributed by atoms with Crippen LogP contribution < -0.4 is 4.74 Å². The first-order chi connectivity index (χ1) is 19.8. The molecule has 3 aromatic rings. The van der Waals surface area contributed by atoms with Crippen LogP contribution in [0.5, 0.6) is 5.75 Å². The highest BCUT2D eigenvalue weighted by molar-refractivity contribution is 7.89. The van der Waals surface area contributed by atoms with E-state index >= 15 is 0 Å². The zero-order valence-corrected chi connectivity index (χ0v) is 27.0. The molecule has 2 aliphatic rings. The average molecular weight is 669 g/mol. The van der Waals surface area contributed by atoms with Crippen molar-refractivity contribution in [1.29, 1.82) is 0 Å². The van der Waals surface area contributed by atoms with E-state index in [0.29, 0.717) is 28.7 Å². The number of aliphatic imine (C=N–C) groups is 1. The van der Waals surface area contributed by atoms with Gasteiger partial charge in [0.2, 0.25) is 10.0 Å². The highest BCUT2D eigenvalue weighted by Gasteiger charge is 2.59. The molecule has 1 saturated heterocycles. The summed E-state index contributed by atoms with van der Waals surface area (Å²) in [6.07, 6.45) is 1.53. The van der Waals surface area contributed by atoms with Crippen LogP contribution >= 0.6 is 46.4 Å². The Morgan fingerprint density at radius 2 is 1.48 bits per heavy atom. The molecule has 222 valence electrons. The molecule has 0 bridgehead atoms. The normalized spacial score (nSPS) is 22.8. The molecule has 42 heavy (non-hydrogen) atoms. The molecule has 12 heteroatoms. The lowest BCUT2D eigenvalue weighted by Gasteiger charge is -2.44. The largest absolute Gasteiger partial charge is 0.493 e. The summed E-state index contributed by atoms with van der Waals surface area (Å²) in [6.45, 7) is 6.60. The molecule has 1 fully saturated rings. The van der Waals surface area contributed by atoms with Gasteiger partial charge >= 0.3 is 5.37 Å². The van der Waals surface area contributed by atoms with Crippen molar-refractivity contribution in [3.8, 4) is 5.75 Å². The Hall–Kier alpha value is -2.33. The number of amidine groups is 1. The maximum absolute atomic E-state index is 13.7. The fourth-order valence-electron chi connectivity index (χ4n) is 5.79. The molecular formula is C30H29Cl4N3O4S. The molecule has 0 aromatic heterocycles. The van der Waals surface area contributed by atoms with E-state index in [0.717, 1.165) is 18.4 Å². The number of rotatable bonds is 7. The summed E-state index contributed by atoms with van der Waals surface area (Å²) in [7, 11) is -3.94. The third-order valence-corrected chi connectivity index (χ3v) is 11.2. The van der Waals surface area contributed by atoms with Crippen LogP contribution in [0.2, 0.25) is 15.1 Å². The van der Waals surface area contributed by atoms with Crippen molar-refractivity contribution in [1.82, 2.24) is 9.21 Å². The smallest absolute Gasteiger partial charge is 0.322 e. The minimum Gasteiger partial charge on any atom is -0.493 e. The average Bonchev–Trinajstić information content (AvgIpc) is 3.57. The van der Waals surface area contributed by atoms with Crippen molar-refractivity contribution in [2.24, 2.45) is 4.99 Å². The Labute approximate surface area is 266 Å². The van der Waals surface area contributed by atoms with Gasteiger partial charge in [0.05, 0.1) is 17.2 Å². The van der Waals surface area contributed by atoms with Gasteiger partial charge < -0.3 is 4.74 Å². The molecule has 2 heterocycles. The van der Waals surface area contributed by atoms with Gasteiger partial charge in [0.1, 0.15) is 27.6 Å². The topological polar surface area (TPSA) is 79.3 Å². The second-order valence-electron chi connectivity index (χ2n) is 10.5. The number of hydrogen-bond donors (Lipinski definition) is 0. The van der Waals surface area contributed by atoms with Crippen LogP contribution in [0.1, 0.15) is 50.3 Å². The van der Waals surface area contributed by atoms with Crippen molar-refractivity contribution in [3.63, 3.8) is 0 Å². The summed E-state index contributed by atoms with van der Waals surface area (Å²) >= 11 is 25.4. The van der Waals surface area contributed by atoms with Gasteiger partial charge in [-0.25, -0.2) is 8.42 Å². The van der Waals surface area contributed by atoms with Gasteiger partial charge in [-0.2, -0.15) is 4.31 Å². The van der Waals surface area contributed by atoms with Gasteiger partial charge in [-0.1, -0.05) is 59.1 Å².